The minimum Gasteiger partial charge on any atom is -0.192 e. The molecule has 0 spiro atoms. The van der Waals surface area contributed by atoms with E-state index in [0.717, 1.165) is 22.3 Å². The van der Waals surface area contributed by atoms with Crippen LogP contribution in [0.4, 0.5) is 0 Å². The number of hydrogen-bond donors (Lipinski definition) is 0. The molecule has 0 saturated carbocycles. The lowest BCUT2D eigenvalue weighted by Gasteiger charge is -2.00. The number of hydrogen-bond acceptors (Lipinski definition) is 2. The first-order chi connectivity index (χ1) is 13.6. The average Bonchev–Trinajstić information content (AvgIpc) is 2.72. The molecule has 0 unspecified atom stereocenters. The third-order valence-corrected chi connectivity index (χ3v) is 4.76. The molecule has 3 rings (SSSR count). The van der Waals surface area contributed by atoms with Crippen LogP contribution in [0.1, 0.15) is 33.4 Å². The molecular formula is C24H14Cl2N2. The highest BCUT2D eigenvalue weighted by Crippen LogP contribution is 2.22. The summed E-state index contributed by atoms with van der Waals surface area (Å²) in [7, 11) is 0. The van der Waals surface area contributed by atoms with Crippen molar-refractivity contribution in [1.29, 1.82) is 10.5 Å². The lowest BCUT2D eigenvalue weighted by atomic mass is 10.1. The van der Waals surface area contributed by atoms with E-state index in [1.165, 1.54) is 0 Å². The fourth-order valence-electron chi connectivity index (χ4n) is 2.55. The van der Waals surface area contributed by atoms with Crippen molar-refractivity contribution in [3.05, 3.63) is 104 Å². The van der Waals surface area contributed by atoms with Gasteiger partial charge in [-0.2, -0.15) is 10.5 Å². The minimum absolute atomic E-state index is 0.542. The zero-order chi connectivity index (χ0) is 19.9. The molecule has 134 valence electrons. The molecule has 0 fully saturated rings. The van der Waals surface area contributed by atoms with E-state index in [1.54, 1.807) is 24.3 Å². The standard InChI is InChI=1S/C24H14Cl2N2/c25-23-13-19(15-27)7-11-21(23)9-5-17-1-2-18(4-3-17)6-10-22-12-8-20(16-28)14-24(22)26/h1-14H. The predicted molar refractivity (Wildman–Crippen MR) is 117 cm³/mol. The molecule has 0 amide bonds. The normalized spacial score (nSPS) is 10.9. The summed E-state index contributed by atoms with van der Waals surface area (Å²) < 4.78 is 0. The fraction of sp³-hybridized carbons (Fsp3) is 0. The second-order valence-electron chi connectivity index (χ2n) is 6.03. The number of nitriles is 2. The highest BCUT2D eigenvalue weighted by Gasteiger charge is 2.00. The number of rotatable bonds is 4. The summed E-state index contributed by atoms with van der Waals surface area (Å²) in [5, 5.41) is 18.9. The van der Waals surface area contributed by atoms with E-state index in [9.17, 15) is 0 Å². The molecule has 0 saturated heterocycles. The summed E-state index contributed by atoms with van der Waals surface area (Å²) in [5.74, 6) is 0. The molecule has 0 aliphatic rings. The molecule has 4 heteroatoms. The smallest absolute Gasteiger partial charge is 0.0992 e. The minimum atomic E-state index is 0.542. The second kappa shape index (κ2) is 9.07. The van der Waals surface area contributed by atoms with Crippen LogP contribution >= 0.6 is 23.2 Å². The maximum absolute atomic E-state index is 8.89. The lowest BCUT2D eigenvalue weighted by Crippen LogP contribution is -1.80. The molecule has 0 heterocycles. The fourth-order valence-corrected chi connectivity index (χ4v) is 3.04. The molecule has 28 heavy (non-hydrogen) atoms. The van der Waals surface area contributed by atoms with Crippen LogP contribution in [0.2, 0.25) is 10.0 Å². The maximum Gasteiger partial charge on any atom is 0.0992 e. The first-order valence-electron chi connectivity index (χ1n) is 8.44. The zero-order valence-electron chi connectivity index (χ0n) is 14.7. The zero-order valence-corrected chi connectivity index (χ0v) is 16.2. The van der Waals surface area contributed by atoms with Gasteiger partial charge in [-0.25, -0.2) is 0 Å². The van der Waals surface area contributed by atoms with Crippen molar-refractivity contribution in [2.45, 2.75) is 0 Å². The van der Waals surface area contributed by atoms with Gasteiger partial charge in [0.05, 0.1) is 23.3 Å². The average molecular weight is 401 g/mol. The van der Waals surface area contributed by atoms with Crippen molar-refractivity contribution < 1.29 is 0 Å². The van der Waals surface area contributed by atoms with Gasteiger partial charge < -0.3 is 0 Å². The molecule has 0 aliphatic heterocycles. The van der Waals surface area contributed by atoms with E-state index in [2.05, 4.69) is 12.1 Å². The number of benzene rings is 3. The van der Waals surface area contributed by atoms with Crippen molar-refractivity contribution in [1.82, 2.24) is 0 Å². The second-order valence-corrected chi connectivity index (χ2v) is 6.84. The summed E-state index contributed by atoms with van der Waals surface area (Å²) in [6.45, 7) is 0. The van der Waals surface area contributed by atoms with Gasteiger partial charge in [0.1, 0.15) is 0 Å². The van der Waals surface area contributed by atoms with E-state index in [4.69, 9.17) is 33.7 Å². The van der Waals surface area contributed by atoms with Crippen molar-refractivity contribution in [3.63, 3.8) is 0 Å². The van der Waals surface area contributed by atoms with Gasteiger partial charge in [-0.3, -0.25) is 0 Å². The third-order valence-electron chi connectivity index (χ3n) is 4.11. The Bertz CT molecular complexity index is 1050. The summed E-state index contributed by atoms with van der Waals surface area (Å²) in [4.78, 5) is 0. The summed E-state index contributed by atoms with van der Waals surface area (Å²) >= 11 is 12.4. The highest BCUT2D eigenvalue weighted by atomic mass is 35.5. The molecule has 3 aromatic carbocycles. The Hall–Kier alpha value is -3.30. The van der Waals surface area contributed by atoms with Gasteiger partial charge in [0.15, 0.2) is 0 Å². The lowest BCUT2D eigenvalue weighted by molar-refractivity contribution is 1.48. The van der Waals surface area contributed by atoms with E-state index >= 15 is 0 Å². The molecule has 0 radical (unpaired) electrons. The Kier molecular flexibility index (Phi) is 6.30. The third kappa shape index (κ3) is 4.90. The van der Waals surface area contributed by atoms with Crippen molar-refractivity contribution in [2.24, 2.45) is 0 Å². The quantitative estimate of drug-likeness (QED) is 0.439. The van der Waals surface area contributed by atoms with Gasteiger partial charge >= 0.3 is 0 Å². The Balaban J connectivity index is 1.72. The number of nitrogens with zero attached hydrogens (tertiary/aromatic N) is 2. The topological polar surface area (TPSA) is 47.6 Å². The molecule has 0 atom stereocenters. The van der Waals surface area contributed by atoms with Crippen LogP contribution < -0.4 is 0 Å². The van der Waals surface area contributed by atoms with Crippen LogP contribution in [0.15, 0.2) is 60.7 Å². The van der Waals surface area contributed by atoms with Crippen LogP contribution in [0.5, 0.6) is 0 Å². The highest BCUT2D eigenvalue weighted by molar-refractivity contribution is 6.32. The SMILES string of the molecule is N#Cc1ccc(C=Cc2ccc(C=Cc3ccc(C#N)cc3Cl)cc2)c(Cl)c1. The van der Waals surface area contributed by atoms with Gasteiger partial charge in [-0.05, 0) is 46.5 Å². The molecule has 0 N–H and O–H groups in total. The molecule has 2 nitrogen and oxygen atoms in total. The molecule has 3 aromatic rings. The van der Waals surface area contributed by atoms with E-state index < -0.39 is 0 Å². The van der Waals surface area contributed by atoms with E-state index in [-0.39, 0.29) is 0 Å². The summed E-state index contributed by atoms with van der Waals surface area (Å²) in [6.07, 6.45) is 7.78. The van der Waals surface area contributed by atoms with Gasteiger partial charge in [0.25, 0.3) is 0 Å². The van der Waals surface area contributed by atoms with Gasteiger partial charge in [-0.1, -0.05) is 83.9 Å². The Morgan fingerprint density at radius 3 is 1.29 bits per heavy atom. The number of halogens is 2. The molecule has 0 aromatic heterocycles. The Labute approximate surface area is 174 Å². The van der Waals surface area contributed by atoms with Crippen LogP contribution in [0.3, 0.4) is 0 Å². The van der Waals surface area contributed by atoms with Crippen molar-refractivity contribution >= 4 is 47.5 Å². The first kappa shape index (κ1) is 19.5. The van der Waals surface area contributed by atoms with Crippen LogP contribution in [-0.4, -0.2) is 0 Å². The molecular weight excluding hydrogens is 387 g/mol. The van der Waals surface area contributed by atoms with Gasteiger partial charge in [0.2, 0.25) is 0 Å². The van der Waals surface area contributed by atoms with Gasteiger partial charge in [-0.15, -0.1) is 0 Å². The maximum atomic E-state index is 8.89. The van der Waals surface area contributed by atoms with Crippen LogP contribution in [0, 0.1) is 22.7 Å². The van der Waals surface area contributed by atoms with Crippen LogP contribution in [0.25, 0.3) is 24.3 Å². The van der Waals surface area contributed by atoms with Crippen molar-refractivity contribution in [3.8, 4) is 12.1 Å². The van der Waals surface area contributed by atoms with Crippen LogP contribution in [-0.2, 0) is 0 Å². The largest absolute Gasteiger partial charge is 0.192 e. The molecule has 0 bridgehead atoms. The van der Waals surface area contributed by atoms with Crippen molar-refractivity contribution in [2.75, 3.05) is 0 Å². The van der Waals surface area contributed by atoms with E-state index in [1.807, 2.05) is 60.7 Å². The monoisotopic (exact) mass is 400 g/mol. The Morgan fingerprint density at radius 1 is 0.571 bits per heavy atom. The van der Waals surface area contributed by atoms with Gasteiger partial charge in [0, 0.05) is 10.0 Å². The summed E-state index contributed by atoms with van der Waals surface area (Å²) in [6, 6.07) is 22.6. The predicted octanol–water partition coefficient (Wildman–Crippen LogP) is 7.08. The van der Waals surface area contributed by atoms with E-state index in [0.29, 0.717) is 21.2 Å². The molecule has 0 aliphatic carbocycles. The Morgan fingerprint density at radius 2 is 0.964 bits per heavy atom. The summed E-state index contributed by atoms with van der Waals surface area (Å²) in [5.41, 5.74) is 4.88. The first-order valence-corrected chi connectivity index (χ1v) is 9.20.